The second-order valence-electron chi connectivity index (χ2n) is 6.47. The van der Waals surface area contributed by atoms with E-state index in [9.17, 15) is 4.79 Å². The Morgan fingerprint density at radius 3 is 2.82 bits per heavy atom. The Balaban J connectivity index is 1.82. The normalized spacial score (nSPS) is 14.3. The van der Waals surface area contributed by atoms with Crippen LogP contribution < -0.4 is 5.32 Å². The van der Waals surface area contributed by atoms with Crippen molar-refractivity contribution < 1.29 is 4.79 Å². The van der Waals surface area contributed by atoms with E-state index in [4.69, 9.17) is 11.6 Å². The predicted octanol–water partition coefficient (Wildman–Crippen LogP) is 5.54. The first-order chi connectivity index (χ1) is 13.7. The lowest BCUT2D eigenvalue weighted by atomic mass is 10.1. The lowest BCUT2D eigenvalue weighted by Gasteiger charge is -2.27. The Bertz CT molecular complexity index is 1020. The van der Waals surface area contributed by atoms with Crippen LogP contribution in [-0.2, 0) is 0 Å². The summed E-state index contributed by atoms with van der Waals surface area (Å²) in [5.41, 5.74) is 3.08. The van der Waals surface area contributed by atoms with Crippen LogP contribution >= 0.6 is 35.1 Å². The minimum atomic E-state index is 0.0122. The summed E-state index contributed by atoms with van der Waals surface area (Å²) >= 11 is 9.83. The fourth-order valence-corrected chi connectivity index (χ4v) is 4.78. The van der Waals surface area contributed by atoms with Crippen molar-refractivity contribution in [2.24, 2.45) is 0 Å². The Kier molecular flexibility index (Phi) is 5.99. The minimum Gasteiger partial charge on any atom is -0.354 e. The second-order valence-corrected chi connectivity index (χ2v) is 9.01. The fourth-order valence-electron chi connectivity index (χ4n) is 3.24. The summed E-state index contributed by atoms with van der Waals surface area (Å²) in [4.78, 5) is 20.8. The highest BCUT2D eigenvalue weighted by molar-refractivity contribution is 7.99. The lowest BCUT2D eigenvalue weighted by Crippen LogP contribution is -2.38. The van der Waals surface area contributed by atoms with Gasteiger partial charge in [-0.15, -0.1) is 11.8 Å². The zero-order valence-electron chi connectivity index (χ0n) is 15.4. The van der Waals surface area contributed by atoms with Crippen LogP contribution in [0, 0.1) is 0 Å². The SMILES string of the molecule is CSc1cccc(Nc2c(C(=O)N3CCSCC3)cnc3ccc(Cl)cc23)c1. The van der Waals surface area contributed by atoms with Crippen molar-refractivity contribution in [3.8, 4) is 0 Å². The first kappa shape index (κ1) is 19.4. The highest BCUT2D eigenvalue weighted by atomic mass is 35.5. The number of pyridine rings is 1. The van der Waals surface area contributed by atoms with Crippen LogP contribution in [0.1, 0.15) is 10.4 Å². The van der Waals surface area contributed by atoms with E-state index in [1.807, 2.05) is 53.2 Å². The van der Waals surface area contributed by atoms with Gasteiger partial charge in [0.1, 0.15) is 0 Å². The van der Waals surface area contributed by atoms with Gasteiger partial charge in [-0.1, -0.05) is 17.7 Å². The topological polar surface area (TPSA) is 45.2 Å². The summed E-state index contributed by atoms with van der Waals surface area (Å²) in [5.74, 6) is 1.95. The van der Waals surface area contributed by atoms with Gasteiger partial charge in [0.15, 0.2) is 0 Å². The number of halogens is 1. The van der Waals surface area contributed by atoms with Gasteiger partial charge in [0, 0.05) is 51.8 Å². The van der Waals surface area contributed by atoms with Crippen LogP contribution in [-0.4, -0.2) is 46.6 Å². The molecule has 2 heterocycles. The smallest absolute Gasteiger partial charge is 0.257 e. The van der Waals surface area contributed by atoms with Crippen LogP contribution in [0.2, 0.25) is 5.02 Å². The molecule has 144 valence electrons. The van der Waals surface area contributed by atoms with Crippen molar-refractivity contribution in [1.82, 2.24) is 9.88 Å². The van der Waals surface area contributed by atoms with Crippen LogP contribution in [0.5, 0.6) is 0 Å². The van der Waals surface area contributed by atoms with Gasteiger partial charge in [0.2, 0.25) is 0 Å². The van der Waals surface area contributed by atoms with E-state index in [0.717, 1.165) is 51.8 Å². The number of amides is 1. The molecule has 2 aromatic carbocycles. The second kappa shape index (κ2) is 8.64. The van der Waals surface area contributed by atoms with E-state index < -0.39 is 0 Å². The molecule has 1 aromatic heterocycles. The molecule has 0 saturated carbocycles. The Hall–Kier alpha value is -1.89. The predicted molar refractivity (Wildman–Crippen MR) is 121 cm³/mol. The first-order valence-corrected chi connectivity index (χ1v) is 11.8. The van der Waals surface area contributed by atoms with Crippen molar-refractivity contribution in [3.05, 3.63) is 59.2 Å². The maximum atomic E-state index is 13.3. The fraction of sp³-hybridized carbons (Fsp3) is 0.238. The molecule has 0 atom stereocenters. The van der Waals surface area contributed by atoms with Crippen molar-refractivity contribution in [1.29, 1.82) is 0 Å². The number of rotatable bonds is 4. The molecular weight excluding hydrogens is 410 g/mol. The van der Waals surface area contributed by atoms with E-state index in [2.05, 4.69) is 22.4 Å². The summed E-state index contributed by atoms with van der Waals surface area (Å²) in [7, 11) is 0. The number of nitrogens with one attached hydrogen (secondary N) is 1. The number of carbonyl (C=O) groups excluding carboxylic acids is 1. The summed E-state index contributed by atoms with van der Waals surface area (Å²) in [5, 5.41) is 4.94. The van der Waals surface area contributed by atoms with Gasteiger partial charge >= 0.3 is 0 Å². The van der Waals surface area contributed by atoms with Crippen molar-refractivity contribution in [3.63, 3.8) is 0 Å². The van der Waals surface area contributed by atoms with E-state index >= 15 is 0 Å². The number of carbonyl (C=O) groups is 1. The molecule has 1 aliphatic heterocycles. The van der Waals surface area contributed by atoms with Crippen molar-refractivity contribution in [2.45, 2.75) is 4.90 Å². The monoisotopic (exact) mass is 429 g/mol. The van der Waals surface area contributed by atoms with Crippen LogP contribution in [0.3, 0.4) is 0 Å². The Labute approximate surface area is 178 Å². The molecule has 1 amide bonds. The van der Waals surface area contributed by atoms with Gasteiger partial charge in [-0.25, -0.2) is 0 Å². The zero-order chi connectivity index (χ0) is 19.5. The van der Waals surface area contributed by atoms with E-state index in [1.165, 1.54) is 0 Å². The summed E-state index contributed by atoms with van der Waals surface area (Å²) in [6.45, 7) is 1.52. The zero-order valence-corrected chi connectivity index (χ0v) is 17.8. The molecule has 0 bridgehead atoms. The highest BCUT2D eigenvalue weighted by Crippen LogP contribution is 2.33. The van der Waals surface area contributed by atoms with Gasteiger partial charge < -0.3 is 10.2 Å². The standard InChI is InChI=1S/C21H20ClN3OS2/c1-27-16-4-2-3-15(12-16)24-20-17-11-14(22)5-6-19(17)23-13-18(20)21(26)25-7-9-28-10-8-25/h2-6,11-13H,7-10H2,1H3,(H,23,24). The molecular formula is C21H20ClN3OS2. The average molecular weight is 430 g/mol. The van der Waals surface area contributed by atoms with Crippen LogP contribution in [0.25, 0.3) is 10.9 Å². The maximum absolute atomic E-state index is 13.3. The average Bonchev–Trinajstić information content (AvgIpc) is 2.74. The summed E-state index contributed by atoms with van der Waals surface area (Å²) in [6, 6.07) is 13.7. The number of hydrogen-bond donors (Lipinski definition) is 1. The molecule has 1 saturated heterocycles. The molecule has 0 unspecified atom stereocenters. The molecule has 7 heteroatoms. The van der Waals surface area contributed by atoms with Crippen molar-refractivity contribution >= 4 is 63.3 Å². The largest absolute Gasteiger partial charge is 0.354 e. The first-order valence-electron chi connectivity index (χ1n) is 9.02. The molecule has 1 fully saturated rings. The molecule has 4 nitrogen and oxygen atoms in total. The molecule has 1 N–H and O–H groups in total. The number of benzene rings is 2. The van der Waals surface area contributed by atoms with Gasteiger partial charge in [0.25, 0.3) is 5.91 Å². The highest BCUT2D eigenvalue weighted by Gasteiger charge is 2.23. The molecule has 0 aliphatic carbocycles. The van der Waals surface area contributed by atoms with E-state index in [0.29, 0.717) is 10.6 Å². The lowest BCUT2D eigenvalue weighted by molar-refractivity contribution is 0.0773. The van der Waals surface area contributed by atoms with E-state index in [-0.39, 0.29) is 5.91 Å². The van der Waals surface area contributed by atoms with Gasteiger partial charge in [-0.05, 0) is 42.7 Å². The Morgan fingerprint density at radius 1 is 1.21 bits per heavy atom. The van der Waals surface area contributed by atoms with E-state index in [1.54, 1.807) is 18.0 Å². The molecule has 4 rings (SSSR count). The number of anilines is 2. The molecule has 3 aromatic rings. The molecule has 1 aliphatic rings. The molecule has 0 radical (unpaired) electrons. The third-order valence-corrected chi connectivity index (χ3v) is 6.60. The Morgan fingerprint density at radius 2 is 2.04 bits per heavy atom. The quantitative estimate of drug-likeness (QED) is 0.551. The number of fused-ring (bicyclic) bond motifs is 1. The molecule has 28 heavy (non-hydrogen) atoms. The van der Waals surface area contributed by atoms with Crippen LogP contribution in [0.15, 0.2) is 53.6 Å². The number of thioether (sulfide) groups is 2. The minimum absolute atomic E-state index is 0.0122. The van der Waals surface area contributed by atoms with Crippen LogP contribution in [0.4, 0.5) is 11.4 Å². The maximum Gasteiger partial charge on any atom is 0.257 e. The third kappa shape index (κ3) is 4.09. The van der Waals surface area contributed by atoms with Gasteiger partial charge in [-0.3, -0.25) is 9.78 Å². The number of hydrogen-bond acceptors (Lipinski definition) is 5. The van der Waals surface area contributed by atoms with Gasteiger partial charge in [-0.2, -0.15) is 11.8 Å². The molecule has 0 spiro atoms. The number of aromatic nitrogens is 1. The number of nitrogens with zero attached hydrogens (tertiary/aromatic N) is 2. The third-order valence-electron chi connectivity index (χ3n) is 4.70. The van der Waals surface area contributed by atoms with Gasteiger partial charge in [0.05, 0.1) is 16.8 Å². The summed E-state index contributed by atoms with van der Waals surface area (Å²) in [6.07, 6.45) is 3.73. The van der Waals surface area contributed by atoms with Crippen molar-refractivity contribution in [2.75, 3.05) is 36.2 Å². The summed E-state index contributed by atoms with van der Waals surface area (Å²) < 4.78 is 0.